The van der Waals surface area contributed by atoms with Gasteiger partial charge in [-0.3, -0.25) is 9.59 Å². The molecule has 0 spiro atoms. The fourth-order valence-electron chi connectivity index (χ4n) is 3.17. The normalized spacial score (nSPS) is 18.6. The molecule has 1 aliphatic carbocycles. The lowest BCUT2D eigenvalue weighted by Gasteiger charge is -2.08. The van der Waals surface area contributed by atoms with Crippen LogP contribution < -0.4 is 5.32 Å². The van der Waals surface area contributed by atoms with E-state index in [1.54, 1.807) is 0 Å². The third kappa shape index (κ3) is 3.31. The topological polar surface area (TPSA) is 84.2 Å². The summed E-state index contributed by atoms with van der Waals surface area (Å²) in [5.74, 6) is -1.95. The second-order valence-corrected chi connectivity index (χ2v) is 6.68. The van der Waals surface area contributed by atoms with Crippen LogP contribution in [-0.4, -0.2) is 26.5 Å². The molecule has 3 aromatic rings. The molecule has 6 heteroatoms. The summed E-state index contributed by atoms with van der Waals surface area (Å²) in [6.07, 6.45) is 2.28. The quantitative estimate of drug-likeness (QED) is 0.716. The lowest BCUT2D eigenvalue weighted by Crippen LogP contribution is -2.25. The van der Waals surface area contributed by atoms with Crippen molar-refractivity contribution < 1.29 is 14.7 Å². The fraction of sp³-hybridized carbons (Fsp3) is 0.250. The molecule has 1 fully saturated rings. The number of amides is 1. The Hall–Kier alpha value is -3.15. The standard InChI is InChI=1S/C20H19N3O3/c24-19(15-9-16(15)20(25)26)21-10-13-5-7-14(8-6-13)11-23-12-22-17-3-1-2-4-18(17)23/h1-8,12,15-16H,9-11H2,(H,21,24)(H,25,26). The summed E-state index contributed by atoms with van der Waals surface area (Å²) in [6.45, 7) is 1.14. The van der Waals surface area contributed by atoms with Crippen LogP contribution in [0.2, 0.25) is 0 Å². The molecule has 0 saturated heterocycles. The molecule has 2 N–H and O–H groups in total. The molecule has 26 heavy (non-hydrogen) atoms. The average Bonchev–Trinajstić information content (AvgIpc) is 3.37. The molecular weight excluding hydrogens is 330 g/mol. The van der Waals surface area contributed by atoms with Gasteiger partial charge < -0.3 is 15.0 Å². The largest absolute Gasteiger partial charge is 0.481 e. The second-order valence-electron chi connectivity index (χ2n) is 6.68. The highest BCUT2D eigenvalue weighted by Crippen LogP contribution is 2.38. The van der Waals surface area contributed by atoms with Crippen LogP contribution in [0.3, 0.4) is 0 Å². The van der Waals surface area contributed by atoms with Crippen molar-refractivity contribution in [1.82, 2.24) is 14.9 Å². The Bertz CT molecular complexity index is 962. The highest BCUT2D eigenvalue weighted by molar-refractivity contribution is 5.89. The second kappa shape index (κ2) is 6.63. The van der Waals surface area contributed by atoms with Crippen LogP contribution in [0.5, 0.6) is 0 Å². The number of nitrogens with one attached hydrogen (secondary N) is 1. The molecule has 0 radical (unpaired) electrons. The minimum Gasteiger partial charge on any atom is -0.481 e. The Morgan fingerprint density at radius 3 is 2.54 bits per heavy atom. The zero-order valence-corrected chi connectivity index (χ0v) is 14.1. The first-order chi connectivity index (χ1) is 12.6. The van der Waals surface area contributed by atoms with Gasteiger partial charge in [-0.15, -0.1) is 0 Å². The van der Waals surface area contributed by atoms with Crippen molar-refractivity contribution in [2.45, 2.75) is 19.5 Å². The maximum atomic E-state index is 11.9. The minimum absolute atomic E-state index is 0.175. The molecular formula is C20H19N3O3. The van der Waals surface area contributed by atoms with Gasteiger partial charge in [0.2, 0.25) is 5.91 Å². The number of hydrogen-bond acceptors (Lipinski definition) is 3. The first-order valence-corrected chi connectivity index (χ1v) is 8.60. The van der Waals surface area contributed by atoms with Crippen LogP contribution in [0.15, 0.2) is 54.9 Å². The zero-order chi connectivity index (χ0) is 18.1. The van der Waals surface area contributed by atoms with Crippen molar-refractivity contribution in [2.75, 3.05) is 0 Å². The highest BCUT2D eigenvalue weighted by Gasteiger charge is 2.48. The van der Waals surface area contributed by atoms with Crippen LogP contribution in [-0.2, 0) is 22.7 Å². The number of imidazole rings is 1. The molecule has 2 atom stereocenters. The number of rotatable bonds is 6. The highest BCUT2D eigenvalue weighted by atomic mass is 16.4. The van der Waals surface area contributed by atoms with E-state index < -0.39 is 11.9 Å². The Morgan fingerprint density at radius 2 is 1.81 bits per heavy atom. The SMILES string of the molecule is O=C(O)C1CC1C(=O)NCc1ccc(Cn2cnc3ccccc32)cc1. The van der Waals surface area contributed by atoms with E-state index in [0.29, 0.717) is 13.0 Å². The first kappa shape index (κ1) is 16.3. The molecule has 0 bridgehead atoms. The lowest BCUT2D eigenvalue weighted by molar-refractivity contribution is -0.140. The number of hydrogen-bond donors (Lipinski definition) is 2. The Balaban J connectivity index is 1.35. The third-order valence-electron chi connectivity index (χ3n) is 4.81. The molecule has 1 saturated carbocycles. The Labute approximate surface area is 150 Å². The number of aromatic nitrogens is 2. The van der Waals surface area contributed by atoms with E-state index in [9.17, 15) is 9.59 Å². The van der Waals surface area contributed by atoms with Gasteiger partial charge in [-0.1, -0.05) is 36.4 Å². The van der Waals surface area contributed by atoms with E-state index in [0.717, 1.165) is 28.7 Å². The van der Waals surface area contributed by atoms with Crippen molar-refractivity contribution in [3.05, 3.63) is 66.0 Å². The van der Waals surface area contributed by atoms with E-state index in [2.05, 4.69) is 20.9 Å². The number of benzene rings is 2. The van der Waals surface area contributed by atoms with Gasteiger partial charge in [0.15, 0.2) is 0 Å². The number of carbonyl (C=O) groups is 2. The van der Waals surface area contributed by atoms with Crippen molar-refractivity contribution in [3.8, 4) is 0 Å². The van der Waals surface area contributed by atoms with Crippen molar-refractivity contribution >= 4 is 22.9 Å². The van der Waals surface area contributed by atoms with Crippen molar-refractivity contribution in [3.63, 3.8) is 0 Å². The zero-order valence-electron chi connectivity index (χ0n) is 14.1. The van der Waals surface area contributed by atoms with Crippen LogP contribution in [0.25, 0.3) is 11.0 Å². The predicted molar refractivity (Wildman–Crippen MR) is 96.4 cm³/mol. The van der Waals surface area contributed by atoms with E-state index in [4.69, 9.17) is 5.11 Å². The van der Waals surface area contributed by atoms with Crippen molar-refractivity contribution in [2.24, 2.45) is 11.8 Å². The number of nitrogens with zero attached hydrogens (tertiary/aromatic N) is 2. The van der Waals surface area contributed by atoms with Crippen LogP contribution in [0, 0.1) is 11.8 Å². The van der Waals surface area contributed by atoms with Gasteiger partial charge in [-0.25, -0.2) is 4.98 Å². The Kier molecular flexibility index (Phi) is 4.16. The van der Waals surface area contributed by atoms with Gasteiger partial charge in [0, 0.05) is 13.1 Å². The number of carbonyl (C=O) groups excluding carboxylic acids is 1. The molecule has 6 nitrogen and oxygen atoms in total. The molecule has 1 amide bonds. The number of aliphatic carboxylic acids is 1. The maximum Gasteiger partial charge on any atom is 0.307 e. The molecule has 1 aliphatic rings. The van der Waals surface area contributed by atoms with E-state index >= 15 is 0 Å². The van der Waals surface area contributed by atoms with Gasteiger partial charge >= 0.3 is 5.97 Å². The summed E-state index contributed by atoms with van der Waals surface area (Å²) in [4.78, 5) is 27.1. The molecule has 2 unspecified atom stereocenters. The predicted octanol–water partition coefficient (Wildman–Crippen LogP) is 2.42. The lowest BCUT2D eigenvalue weighted by atomic mass is 10.1. The van der Waals surface area contributed by atoms with Crippen LogP contribution >= 0.6 is 0 Å². The average molecular weight is 349 g/mol. The number of carboxylic acids is 1. The smallest absolute Gasteiger partial charge is 0.307 e. The van der Waals surface area contributed by atoms with Gasteiger partial charge in [0.1, 0.15) is 0 Å². The van der Waals surface area contributed by atoms with Gasteiger partial charge in [-0.05, 0) is 29.7 Å². The van der Waals surface area contributed by atoms with Crippen LogP contribution in [0.1, 0.15) is 17.5 Å². The summed E-state index contributed by atoms with van der Waals surface area (Å²) in [7, 11) is 0. The molecule has 1 heterocycles. The van der Waals surface area contributed by atoms with E-state index in [1.807, 2.05) is 48.8 Å². The summed E-state index contributed by atoms with van der Waals surface area (Å²) in [5.41, 5.74) is 4.22. The van der Waals surface area contributed by atoms with Crippen molar-refractivity contribution in [1.29, 1.82) is 0 Å². The summed E-state index contributed by atoms with van der Waals surface area (Å²) in [5, 5.41) is 11.7. The summed E-state index contributed by atoms with van der Waals surface area (Å²) in [6, 6.07) is 16.1. The van der Waals surface area contributed by atoms with E-state index in [1.165, 1.54) is 0 Å². The van der Waals surface area contributed by atoms with Crippen LogP contribution in [0.4, 0.5) is 0 Å². The van der Waals surface area contributed by atoms with Gasteiger partial charge in [-0.2, -0.15) is 0 Å². The van der Waals surface area contributed by atoms with E-state index in [-0.39, 0.29) is 11.8 Å². The number of para-hydroxylation sites is 2. The first-order valence-electron chi connectivity index (χ1n) is 8.60. The molecule has 2 aromatic carbocycles. The monoisotopic (exact) mass is 349 g/mol. The fourth-order valence-corrected chi connectivity index (χ4v) is 3.17. The third-order valence-corrected chi connectivity index (χ3v) is 4.81. The van der Waals surface area contributed by atoms with Gasteiger partial charge in [0.25, 0.3) is 0 Å². The minimum atomic E-state index is -0.887. The van der Waals surface area contributed by atoms with Gasteiger partial charge in [0.05, 0.1) is 29.2 Å². The molecule has 0 aliphatic heterocycles. The maximum absolute atomic E-state index is 11.9. The number of carboxylic acid groups (broad SMARTS) is 1. The summed E-state index contributed by atoms with van der Waals surface area (Å²) >= 11 is 0. The molecule has 132 valence electrons. The number of fused-ring (bicyclic) bond motifs is 1. The Morgan fingerprint density at radius 1 is 1.08 bits per heavy atom. The summed E-state index contributed by atoms with van der Waals surface area (Å²) < 4.78 is 2.10. The molecule has 4 rings (SSSR count). The molecule has 1 aromatic heterocycles.